The van der Waals surface area contributed by atoms with Crippen LogP contribution in [-0.4, -0.2) is 23.1 Å². The van der Waals surface area contributed by atoms with Gasteiger partial charge in [-0.15, -0.1) is 0 Å². The van der Waals surface area contributed by atoms with Crippen molar-refractivity contribution in [1.29, 1.82) is 0 Å². The van der Waals surface area contributed by atoms with Crippen molar-refractivity contribution in [3.05, 3.63) is 17.6 Å². The number of fused-ring (bicyclic) bond motifs is 1. The Bertz CT molecular complexity index is 385. The Morgan fingerprint density at radius 3 is 3.06 bits per heavy atom. The highest BCUT2D eigenvalue weighted by Gasteiger charge is 2.18. The molecular formula is C13H20N4. The van der Waals surface area contributed by atoms with Crippen LogP contribution < -0.4 is 10.6 Å². The maximum Gasteiger partial charge on any atom is 0.134 e. The van der Waals surface area contributed by atoms with Gasteiger partial charge in [0.1, 0.15) is 12.1 Å². The summed E-state index contributed by atoms with van der Waals surface area (Å²) < 4.78 is 0. The number of hydrogen-bond donors (Lipinski definition) is 2. The molecule has 1 aromatic heterocycles. The molecule has 1 aliphatic carbocycles. The lowest BCUT2D eigenvalue weighted by atomic mass is 10.1. The van der Waals surface area contributed by atoms with E-state index in [2.05, 4.69) is 20.6 Å². The highest BCUT2D eigenvalue weighted by atomic mass is 15.0. The summed E-state index contributed by atoms with van der Waals surface area (Å²) in [5.74, 6) is 1.89. The van der Waals surface area contributed by atoms with Gasteiger partial charge in [0.2, 0.25) is 0 Å². The molecule has 0 spiro atoms. The molecule has 17 heavy (non-hydrogen) atoms. The van der Waals surface area contributed by atoms with Crippen LogP contribution in [0, 0.1) is 5.92 Å². The van der Waals surface area contributed by atoms with Gasteiger partial charge in [-0.25, -0.2) is 9.97 Å². The topological polar surface area (TPSA) is 49.8 Å². The predicted molar refractivity (Wildman–Crippen MR) is 67.9 cm³/mol. The molecule has 1 saturated carbocycles. The van der Waals surface area contributed by atoms with Gasteiger partial charge in [0.25, 0.3) is 0 Å². The quantitative estimate of drug-likeness (QED) is 0.833. The van der Waals surface area contributed by atoms with Crippen LogP contribution in [0.4, 0.5) is 5.82 Å². The van der Waals surface area contributed by atoms with Gasteiger partial charge in [-0.05, 0) is 18.8 Å². The zero-order valence-corrected chi connectivity index (χ0v) is 10.2. The molecule has 2 heterocycles. The lowest BCUT2D eigenvalue weighted by molar-refractivity contribution is 0.575. The van der Waals surface area contributed by atoms with Gasteiger partial charge >= 0.3 is 0 Å². The van der Waals surface area contributed by atoms with Crippen LogP contribution in [-0.2, 0) is 13.0 Å². The second-order valence-corrected chi connectivity index (χ2v) is 5.11. The number of aromatic nitrogens is 2. The van der Waals surface area contributed by atoms with E-state index in [1.807, 2.05) is 0 Å². The lowest BCUT2D eigenvalue weighted by Gasteiger charge is -2.20. The predicted octanol–water partition coefficient (Wildman–Crippen LogP) is 1.72. The van der Waals surface area contributed by atoms with Crippen LogP contribution in [0.3, 0.4) is 0 Å². The van der Waals surface area contributed by atoms with Gasteiger partial charge in [-0.2, -0.15) is 0 Å². The average Bonchev–Trinajstić information content (AvgIpc) is 2.89. The molecular weight excluding hydrogens is 212 g/mol. The summed E-state index contributed by atoms with van der Waals surface area (Å²) in [4.78, 5) is 8.76. The summed E-state index contributed by atoms with van der Waals surface area (Å²) in [6.07, 6.45) is 8.26. The van der Waals surface area contributed by atoms with Crippen molar-refractivity contribution in [3.8, 4) is 0 Å². The van der Waals surface area contributed by atoms with E-state index in [0.29, 0.717) is 0 Å². The standard InChI is InChI=1S/C13H20N4/c1-2-4-10(3-1)7-15-13-11-8-14-6-5-12(11)16-9-17-13/h9-10,14H,1-8H2,(H,15,16,17). The van der Waals surface area contributed by atoms with Crippen molar-refractivity contribution in [1.82, 2.24) is 15.3 Å². The highest BCUT2D eigenvalue weighted by molar-refractivity contribution is 5.46. The Morgan fingerprint density at radius 1 is 1.29 bits per heavy atom. The van der Waals surface area contributed by atoms with Gasteiger partial charge in [0, 0.05) is 31.6 Å². The van der Waals surface area contributed by atoms with E-state index in [9.17, 15) is 0 Å². The third-order valence-electron chi connectivity index (χ3n) is 3.91. The molecule has 0 aromatic carbocycles. The maximum atomic E-state index is 4.39. The van der Waals surface area contributed by atoms with Gasteiger partial charge in [-0.3, -0.25) is 0 Å². The summed E-state index contributed by atoms with van der Waals surface area (Å²) >= 11 is 0. The fraction of sp³-hybridized carbons (Fsp3) is 0.692. The molecule has 0 atom stereocenters. The van der Waals surface area contributed by atoms with E-state index in [4.69, 9.17) is 0 Å². The molecule has 0 radical (unpaired) electrons. The van der Waals surface area contributed by atoms with E-state index >= 15 is 0 Å². The van der Waals surface area contributed by atoms with E-state index in [1.165, 1.54) is 36.9 Å². The van der Waals surface area contributed by atoms with Gasteiger partial charge in [0.15, 0.2) is 0 Å². The molecule has 0 amide bonds. The highest BCUT2D eigenvalue weighted by Crippen LogP contribution is 2.25. The smallest absolute Gasteiger partial charge is 0.134 e. The summed E-state index contributed by atoms with van der Waals surface area (Å²) in [5.41, 5.74) is 2.49. The first-order chi connectivity index (χ1) is 8.43. The number of hydrogen-bond acceptors (Lipinski definition) is 4. The van der Waals surface area contributed by atoms with Crippen molar-refractivity contribution in [2.45, 2.75) is 38.6 Å². The van der Waals surface area contributed by atoms with E-state index in [1.54, 1.807) is 6.33 Å². The molecule has 1 aliphatic heterocycles. The molecule has 2 N–H and O–H groups in total. The molecule has 3 rings (SSSR count). The average molecular weight is 232 g/mol. The van der Waals surface area contributed by atoms with Crippen LogP contribution in [0.2, 0.25) is 0 Å². The van der Waals surface area contributed by atoms with Gasteiger partial charge < -0.3 is 10.6 Å². The number of nitrogens with one attached hydrogen (secondary N) is 2. The zero-order chi connectivity index (χ0) is 11.5. The summed E-state index contributed by atoms with van der Waals surface area (Å²) in [5, 5.41) is 6.91. The van der Waals surface area contributed by atoms with Gasteiger partial charge in [0.05, 0.1) is 5.69 Å². The molecule has 1 aromatic rings. The molecule has 0 saturated heterocycles. The van der Waals surface area contributed by atoms with E-state index in [0.717, 1.165) is 37.8 Å². The number of anilines is 1. The van der Waals surface area contributed by atoms with Crippen molar-refractivity contribution in [2.75, 3.05) is 18.4 Å². The van der Waals surface area contributed by atoms with Crippen LogP contribution in [0.25, 0.3) is 0 Å². The minimum atomic E-state index is 0.845. The monoisotopic (exact) mass is 232 g/mol. The Morgan fingerprint density at radius 2 is 2.18 bits per heavy atom. The molecule has 1 fully saturated rings. The SMILES string of the molecule is c1nc2c(c(NCC3CCCC3)n1)CNCC2. The third kappa shape index (κ3) is 2.41. The Kier molecular flexibility index (Phi) is 3.22. The molecule has 2 aliphatic rings. The summed E-state index contributed by atoms with van der Waals surface area (Å²) in [6, 6.07) is 0. The minimum absolute atomic E-state index is 0.845. The first kappa shape index (κ1) is 11.0. The van der Waals surface area contributed by atoms with Crippen molar-refractivity contribution < 1.29 is 0 Å². The third-order valence-corrected chi connectivity index (χ3v) is 3.91. The largest absolute Gasteiger partial charge is 0.369 e. The normalized spacial score (nSPS) is 20.2. The molecule has 4 nitrogen and oxygen atoms in total. The Balaban J connectivity index is 1.69. The van der Waals surface area contributed by atoms with Crippen LogP contribution in [0.5, 0.6) is 0 Å². The first-order valence-corrected chi connectivity index (χ1v) is 6.71. The molecule has 92 valence electrons. The molecule has 0 bridgehead atoms. The van der Waals surface area contributed by atoms with E-state index in [-0.39, 0.29) is 0 Å². The van der Waals surface area contributed by atoms with Crippen LogP contribution >= 0.6 is 0 Å². The van der Waals surface area contributed by atoms with Crippen molar-refractivity contribution in [3.63, 3.8) is 0 Å². The first-order valence-electron chi connectivity index (χ1n) is 6.71. The van der Waals surface area contributed by atoms with Gasteiger partial charge in [-0.1, -0.05) is 12.8 Å². The Hall–Kier alpha value is -1.16. The second-order valence-electron chi connectivity index (χ2n) is 5.11. The number of rotatable bonds is 3. The summed E-state index contributed by atoms with van der Waals surface area (Å²) in [7, 11) is 0. The van der Waals surface area contributed by atoms with E-state index < -0.39 is 0 Å². The second kappa shape index (κ2) is 5.00. The fourth-order valence-corrected chi connectivity index (χ4v) is 2.88. The molecule has 4 heteroatoms. The minimum Gasteiger partial charge on any atom is -0.369 e. The lowest BCUT2D eigenvalue weighted by Crippen LogP contribution is -2.26. The number of nitrogens with zero attached hydrogens (tertiary/aromatic N) is 2. The van der Waals surface area contributed by atoms with Crippen molar-refractivity contribution >= 4 is 5.82 Å². The van der Waals surface area contributed by atoms with Crippen molar-refractivity contribution in [2.24, 2.45) is 5.92 Å². The van der Waals surface area contributed by atoms with Crippen LogP contribution in [0.1, 0.15) is 36.9 Å². The van der Waals surface area contributed by atoms with Crippen LogP contribution in [0.15, 0.2) is 6.33 Å². The Labute approximate surface area is 102 Å². The zero-order valence-electron chi connectivity index (χ0n) is 10.2. The maximum absolute atomic E-state index is 4.39. The molecule has 0 unspecified atom stereocenters. The summed E-state index contributed by atoms with van der Waals surface area (Å²) in [6.45, 7) is 3.01. The fourth-order valence-electron chi connectivity index (χ4n) is 2.88.